The maximum absolute atomic E-state index is 2.56. The second-order valence-corrected chi connectivity index (χ2v) is 3.48. The predicted octanol–water partition coefficient (Wildman–Crippen LogP) is 3.43. The highest BCUT2D eigenvalue weighted by Crippen LogP contribution is 2.14. The first-order chi connectivity index (χ1) is 7.27. The minimum Gasteiger partial charge on any atom is -0.293 e. The summed E-state index contributed by atoms with van der Waals surface area (Å²) in [5.41, 5.74) is 0. The van der Waals surface area contributed by atoms with Crippen LogP contribution in [0.15, 0.2) is 0 Å². The van der Waals surface area contributed by atoms with Crippen LogP contribution in [0.4, 0.5) is 0 Å². The summed E-state index contributed by atoms with van der Waals surface area (Å²) in [7, 11) is 2.20. The van der Waals surface area contributed by atoms with E-state index in [1.165, 1.54) is 25.9 Å². The van der Waals surface area contributed by atoms with Crippen LogP contribution in [0.25, 0.3) is 0 Å². The Morgan fingerprint density at radius 3 is 2.00 bits per heavy atom. The van der Waals surface area contributed by atoms with E-state index in [1.54, 1.807) is 0 Å². The van der Waals surface area contributed by atoms with Crippen LogP contribution >= 0.6 is 0 Å². The Labute approximate surface area is 97.6 Å². The first kappa shape index (κ1) is 17.3. The highest BCUT2D eigenvalue weighted by Gasteiger charge is 2.21. The Balaban J connectivity index is 0. The molecular weight excluding hydrogens is 184 g/mol. The minimum atomic E-state index is 0.844. The average Bonchev–Trinajstić information content (AvgIpc) is 2.34. The molecule has 0 amide bonds. The van der Waals surface area contributed by atoms with Crippen molar-refractivity contribution in [2.75, 3.05) is 26.8 Å². The summed E-state index contributed by atoms with van der Waals surface area (Å²) >= 11 is 0. The molecule has 1 fully saturated rings. The molecule has 1 unspecified atom stereocenters. The van der Waals surface area contributed by atoms with Gasteiger partial charge in [-0.3, -0.25) is 9.80 Å². The van der Waals surface area contributed by atoms with Crippen LogP contribution in [-0.4, -0.2) is 42.6 Å². The quantitative estimate of drug-likeness (QED) is 0.698. The lowest BCUT2D eigenvalue weighted by atomic mass is 10.1. The fourth-order valence-electron chi connectivity index (χ4n) is 1.87. The van der Waals surface area contributed by atoms with Crippen LogP contribution in [0.2, 0.25) is 0 Å². The molecule has 2 heteroatoms. The van der Waals surface area contributed by atoms with Crippen molar-refractivity contribution in [2.45, 2.75) is 60.4 Å². The van der Waals surface area contributed by atoms with E-state index < -0.39 is 0 Å². The molecule has 1 heterocycles. The van der Waals surface area contributed by atoms with Gasteiger partial charge in [0, 0.05) is 12.6 Å². The Morgan fingerprint density at radius 2 is 1.60 bits per heavy atom. The highest BCUT2D eigenvalue weighted by atomic mass is 15.3. The SMILES string of the molecule is CC.CC.CCC1CCN(C)CN1CC. The fourth-order valence-corrected chi connectivity index (χ4v) is 1.87. The normalized spacial score (nSPS) is 22.2. The van der Waals surface area contributed by atoms with Crippen molar-refractivity contribution in [1.82, 2.24) is 9.80 Å². The Bertz CT molecular complexity index is 115. The first-order valence-corrected chi connectivity index (χ1v) is 6.70. The molecule has 1 saturated heterocycles. The molecule has 1 rings (SSSR count). The van der Waals surface area contributed by atoms with Crippen LogP contribution < -0.4 is 0 Å². The molecule has 0 spiro atoms. The van der Waals surface area contributed by atoms with Gasteiger partial charge in [0.25, 0.3) is 0 Å². The van der Waals surface area contributed by atoms with Gasteiger partial charge in [0.15, 0.2) is 0 Å². The van der Waals surface area contributed by atoms with Crippen molar-refractivity contribution < 1.29 is 0 Å². The second kappa shape index (κ2) is 12.0. The van der Waals surface area contributed by atoms with Crippen LogP contribution in [0, 0.1) is 0 Å². The van der Waals surface area contributed by atoms with Crippen molar-refractivity contribution >= 4 is 0 Å². The summed E-state index contributed by atoms with van der Waals surface area (Å²) in [6.45, 7) is 16.2. The van der Waals surface area contributed by atoms with Crippen LogP contribution in [0.3, 0.4) is 0 Å². The van der Waals surface area contributed by atoms with E-state index >= 15 is 0 Å². The van der Waals surface area contributed by atoms with E-state index in [0.717, 1.165) is 12.7 Å². The summed E-state index contributed by atoms with van der Waals surface area (Å²) in [4.78, 5) is 4.96. The number of hydrogen-bond acceptors (Lipinski definition) is 2. The number of hydrogen-bond donors (Lipinski definition) is 0. The van der Waals surface area contributed by atoms with E-state index in [2.05, 4.69) is 30.7 Å². The van der Waals surface area contributed by atoms with Gasteiger partial charge in [-0.1, -0.05) is 41.5 Å². The van der Waals surface area contributed by atoms with Crippen molar-refractivity contribution in [3.05, 3.63) is 0 Å². The molecule has 1 aliphatic rings. The zero-order chi connectivity index (χ0) is 12.3. The van der Waals surface area contributed by atoms with Gasteiger partial charge < -0.3 is 0 Å². The maximum Gasteiger partial charge on any atom is 0.0505 e. The molecule has 0 aliphatic carbocycles. The second-order valence-electron chi connectivity index (χ2n) is 3.48. The fraction of sp³-hybridized carbons (Fsp3) is 1.00. The smallest absolute Gasteiger partial charge is 0.0505 e. The predicted molar refractivity (Wildman–Crippen MR) is 71.3 cm³/mol. The molecule has 0 saturated carbocycles. The van der Waals surface area contributed by atoms with Crippen LogP contribution in [0.1, 0.15) is 54.4 Å². The summed E-state index contributed by atoms with van der Waals surface area (Å²) in [6, 6.07) is 0.844. The van der Waals surface area contributed by atoms with Crippen LogP contribution in [-0.2, 0) is 0 Å². The molecular formula is C13H32N2. The van der Waals surface area contributed by atoms with Crippen molar-refractivity contribution in [1.29, 1.82) is 0 Å². The van der Waals surface area contributed by atoms with Gasteiger partial charge in [0.1, 0.15) is 0 Å². The Morgan fingerprint density at radius 1 is 1.07 bits per heavy atom. The van der Waals surface area contributed by atoms with E-state index in [1.807, 2.05) is 27.7 Å². The lowest BCUT2D eigenvalue weighted by molar-refractivity contribution is 0.0577. The first-order valence-electron chi connectivity index (χ1n) is 6.70. The molecule has 94 valence electrons. The Hall–Kier alpha value is -0.0800. The topological polar surface area (TPSA) is 6.48 Å². The Kier molecular flexibility index (Phi) is 13.8. The molecule has 0 bridgehead atoms. The van der Waals surface area contributed by atoms with Crippen molar-refractivity contribution in [3.63, 3.8) is 0 Å². The zero-order valence-electron chi connectivity index (χ0n) is 12.0. The molecule has 2 nitrogen and oxygen atoms in total. The molecule has 0 aromatic rings. The van der Waals surface area contributed by atoms with E-state index in [0.29, 0.717) is 0 Å². The highest BCUT2D eigenvalue weighted by molar-refractivity contribution is 4.75. The van der Waals surface area contributed by atoms with E-state index in [4.69, 9.17) is 0 Å². The van der Waals surface area contributed by atoms with Gasteiger partial charge in [-0.25, -0.2) is 0 Å². The summed E-state index contributed by atoms with van der Waals surface area (Å²) in [5.74, 6) is 0. The number of rotatable bonds is 2. The van der Waals surface area contributed by atoms with Crippen LogP contribution in [0.5, 0.6) is 0 Å². The molecule has 0 radical (unpaired) electrons. The van der Waals surface area contributed by atoms with Crippen molar-refractivity contribution in [2.24, 2.45) is 0 Å². The van der Waals surface area contributed by atoms with E-state index in [-0.39, 0.29) is 0 Å². The third kappa shape index (κ3) is 6.91. The molecule has 0 aromatic heterocycles. The van der Waals surface area contributed by atoms with Gasteiger partial charge in [0.05, 0.1) is 6.67 Å². The third-order valence-electron chi connectivity index (χ3n) is 2.66. The van der Waals surface area contributed by atoms with Gasteiger partial charge in [-0.2, -0.15) is 0 Å². The number of nitrogens with zero attached hydrogens (tertiary/aromatic N) is 2. The summed E-state index contributed by atoms with van der Waals surface area (Å²) < 4.78 is 0. The minimum absolute atomic E-state index is 0.844. The monoisotopic (exact) mass is 216 g/mol. The molecule has 0 aromatic carbocycles. The third-order valence-corrected chi connectivity index (χ3v) is 2.66. The standard InChI is InChI=1S/C9H20N2.2C2H6/c1-4-9-6-7-10(3)8-11(9)5-2;2*1-2/h9H,4-8H2,1-3H3;2*1-2H3. The summed E-state index contributed by atoms with van der Waals surface area (Å²) in [6.07, 6.45) is 2.66. The van der Waals surface area contributed by atoms with Gasteiger partial charge in [0.2, 0.25) is 0 Å². The zero-order valence-corrected chi connectivity index (χ0v) is 12.0. The van der Waals surface area contributed by atoms with E-state index in [9.17, 15) is 0 Å². The van der Waals surface area contributed by atoms with Gasteiger partial charge in [-0.05, 0) is 26.4 Å². The molecule has 0 N–H and O–H groups in total. The molecule has 1 atom stereocenters. The largest absolute Gasteiger partial charge is 0.293 e. The van der Waals surface area contributed by atoms with Gasteiger partial charge in [-0.15, -0.1) is 0 Å². The van der Waals surface area contributed by atoms with Gasteiger partial charge >= 0.3 is 0 Å². The van der Waals surface area contributed by atoms with Crippen molar-refractivity contribution in [3.8, 4) is 0 Å². The average molecular weight is 216 g/mol. The lowest BCUT2D eigenvalue weighted by Gasteiger charge is -2.39. The molecule has 1 aliphatic heterocycles. The lowest BCUT2D eigenvalue weighted by Crippen LogP contribution is -2.48. The summed E-state index contributed by atoms with van der Waals surface area (Å²) in [5, 5.41) is 0. The maximum atomic E-state index is 2.56. The molecule has 15 heavy (non-hydrogen) atoms.